The highest BCUT2D eigenvalue weighted by molar-refractivity contribution is 6.30. The van der Waals surface area contributed by atoms with Gasteiger partial charge in [-0.3, -0.25) is 0 Å². The van der Waals surface area contributed by atoms with Crippen LogP contribution in [0.5, 0.6) is 0 Å². The zero-order valence-corrected chi connectivity index (χ0v) is 10.4. The first-order valence-corrected chi connectivity index (χ1v) is 5.60. The lowest BCUT2D eigenvalue weighted by atomic mass is 10.1. The summed E-state index contributed by atoms with van der Waals surface area (Å²) in [6.45, 7) is 8.82. The SMILES string of the molecule is C=C(C)N(CCC)c1ccc(Cl)cc1C#N. The van der Waals surface area contributed by atoms with E-state index in [9.17, 15) is 0 Å². The van der Waals surface area contributed by atoms with Gasteiger partial charge in [0.25, 0.3) is 0 Å². The van der Waals surface area contributed by atoms with Gasteiger partial charge in [-0.2, -0.15) is 5.26 Å². The Labute approximate surface area is 102 Å². The fourth-order valence-corrected chi connectivity index (χ4v) is 1.75. The molecule has 0 aliphatic carbocycles. The van der Waals surface area contributed by atoms with Gasteiger partial charge in [-0.05, 0) is 31.5 Å². The van der Waals surface area contributed by atoms with E-state index in [-0.39, 0.29) is 0 Å². The molecule has 1 aromatic rings. The van der Waals surface area contributed by atoms with Crippen LogP contribution < -0.4 is 4.90 Å². The molecular weight excluding hydrogens is 220 g/mol. The molecule has 0 radical (unpaired) electrons. The van der Waals surface area contributed by atoms with Crippen LogP contribution in [0, 0.1) is 11.3 Å². The molecule has 0 saturated heterocycles. The van der Waals surface area contributed by atoms with Gasteiger partial charge in [0.2, 0.25) is 0 Å². The van der Waals surface area contributed by atoms with Crippen molar-refractivity contribution in [2.24, 2.45) is 0 Å². The summed E-state index contributed by atoms with van der Waals surface area (Å²) in [5.41, 5.74) is 2.39. The zero-order valence-electron chi connectivity index (χ0n) is 9.63. The van der Waals surface area contributed by atoms with Gasteiger partial charge in [-0.15, -0.1) is 0 Å². The minimum Gasteiger partial charge on any atom is -0.345 e. The molecule has 0 atom stereocenters. The zero-order chi connectivity index (χ0) is 12.1. The molecule has 0 aromatic heterocycles. The van der Waals surface area contributed by atoms with E-state index >= 15 is 0 Å². The topological polar surface area (TPSA) is 27.0 Å². The summed E-state index contributed by atoms with van der Waals surface area (Å²) in [5.74, 6) is 0. The van der Waals surface area contributed by atoms with E-state index < -0.39 is 0 Å². The molecule has 1 aromatic carbocycles. The number of nitriles is 1. The molecule has 16 heavy (non-hydrogen) atoms. The Morgan fingerprint density at radius 1 is 1.56 bits per heavy atom. The van der Waals surface area contributed by atoms with E-state index in [4.69, 9.17) is 16.9 Å². The first-order valence-electron chi connectivity index (χ1n) is 5.22. The number of hydrogen-bond acceptors (Lipinski definition) is 2. The Balaban J connectivity index is 3.19. The fraction of sp³-hybridized carbons (Fsp3) is 0.308. The van der Waals surface area contributed by atoms with Crippen LogP contribution in [-0.4, -0.2) is 6.54 Å². The standard InChI is InChI=1S/C13H15ClN2/c1-4-7-16(10(2)3)13-6-5-12(14)8-11(13)9-15/h5-6,8H,2,4,7H2,1,3H3. The summed E-state index contributed by atoms with van der Waals surface area (Å²) in [6, 6.07) is 7.51. The number of benzene rings is 1. The van der Waals surface area contributed by atoms with E-state index in [1.165, 1.54) is 0 Å². The molecule has 2 nitrogen and oxygen atoms in total. The molecule has 0 bridgehead atoms. The van der Waals surface area contributed by atoms with Crippen molar-refractivity contribution in [3.63, 3.8) is 0 Å². The highest BCUT2D eigenvalue weighted by Crippen LogP contribution is 2.26. The van der Waals surface area contributed by atoms with E-state index in [0.29, 0.717) is 10.6 Å². The van der Waals surface area contributed by atoms with E-state index in [0.717, 1.165) is 24.4 Å². The van der Waals surface area contributed by atoms with Gasteiger partial charge in [-0.25, -0.2) is 0 Å². The first kappa shape index (κ1) is 12.6. The summed E-state index contributed by atoms with van der Waals surface area (Å²) in [4.78, 5) is 2.04. The number of halogens is 1. The number of hydrogen-bond donors (Lipinski definition) is 0. The molecule has 0 aliphatic rings. The maximum absolute atomic E-state index is 9.08. The van der Waals surface area contributed by atoms with E-state index in [2.05, 4.69) is 19.6 Å². The third-order valence-corrected chi connectivity index (χ3v) is 2.51. The summed E-state index contributed by atoms with van der Waals surface area (Å²) in [5, 5.41) is 9.66. The molecule has 0 saturated carbocycles. The van der Waals surface area contributed by atoms with Crippen LogP contribution in [0.4, 0.5) is 5.69 Å². The molecule has 0 heterocycles. The smallest absolute Gasteiger partial charge is 0.101 e. The molecular formula is C13H15ClN2. The molecule has 1 rings (SSSR count). The van der Waals surface area contributed by atoms with Gasteiger partial charge in [0.1, 0.15) is 6.07 Å². The van der Waals surface area contributed by atoms with Crippen molar-refractivity contribution in [1.82, 2.24) is 0 Å². The highest BCUT2D eigenvalue weighted by Gasteiger charge is 2.11. The Morgan fingerprint density at radius 3 is 2.75 bits per heavy atom. The molecule has 3 heteroatoms. The Kier molecular flexibility index (Phi) is 4.39. The molecule has 0 spiro atoms. The average Bonchev–Trinajstić information content (AvgIpc) is 2.26. The third-order valence-electron chi connectivity index (χ3n) is 2.28. The average molecular weight is 235 g/mol. The van der Waals surface area contributed by atoms with Crippen molar-refractivity contribution in [1.29, 1.82) is 5.26 Å². The van der Waals surface area contributed by atoms with Crippen molar-refractivity contribution in [2.45, 2.75) is 20.3 Å². The van der Waals surface area contributed by atoms with Crippen LogP contribution in [0.3, 0.4) is 0 Å². The van der Waals surface area contributed by atoms with Gasteiger partial charge < -0.3 is 4.90 Å². The Morgan fingerprint density at radius 2 is 2.25 bits per heavy atom. The van der Waals surface area contributed by atoms with Crippen LogP contribution in [-0.2, 0) is 0 Å². The van der Waals surface area contributed by atoms with Gasteiger partial charge in [0, 0.05) is 17.3 Å². The van der Waals surface area contributed by atoms with Crippen LogP contribution in [0.2, 0.25) is 5.02 Å². The predicted molar refractivity (Wildman–Crippen MR) is 68.6 cm³/mol. The van der Waals surface area contributed by atoms with Gasteiger partial charge >= 0.3 is 0 Å². The summed E-state index contributed by atoms with van der Waals surface area (Å²) in [7, 11) is 0. The third kappa shape index (κ3) is 2.77. The van der Waals surface area contributed by atoms with Crippen LogP contribution in [0.25, 0.3) is 0 Å². The minimum absolute atomic E-state index is 0.582. The lowest BCUT2D eigenvalue weighted by Gasteiger charge is -2.25. The van der Waals surface area contributed by atoms with E-state index in [1.54, 1.807) is 12.1 Å². The molecule has 84 valence electrons. The number of anilines is 1. The second kappa shape index (κ2) is 5.58. The maximum Gasteiger partial charge on any atom is 0.101 e. The molecule has 0 amide bonds. The van der Waals surface area contributed by atoms with Crippen LogP contribution in [0.1, 0.15) is 25.8 Å². The number of nitrogens with zero attached hydrogens (tertiary/aromatic N) is 2. The Hall–Kier alpha value is -1.46. The van der Waals surface area contributed by atoms with Crippen molar-refractivity contribution in [2.75, 3.05) is 11.4 Å². The molecule has 0 aliphatic heterocycles. The molecule has 0 N–H and O–H groups in total. The summed E-state index contributed by atoms with van der Waals surface area (Å²) >= 11 is 5.86. The monoisotopic (exact) mass is 234 g/mol. The van der Waals surface area contributed by atoms with Gasteiger partial charge in [0.05, 0.1) is 11.3 Å². The lowest BCUT2D eigenvalue weighted by Crippen LogP contribution is -2.22. The maximum atomic E-state index is 9.08. The minimum atomic E-state index is 0.582. The summed E-state index contributed by atoms with van der Waals surface area (Å²) < 4.78 is 0. The van der Waals surface area contributed by atoms with Crippen molar-refractivity contribution in [3.05, 3.63) is 41.1 Å². The van der Waals surface area contributed by atoms with Crippen LogP contribution >= 0.6 is 11.6 Å². The quantitative estimate of drug-likeness (QED) is 0.789. The summed E-state index contributed by atoms with van der Waals surface area (Å²) in [6.07, 6.45) is 1.00. The fourth-order valence-electron chi connectivity index (χ4n) is 1.57. The van der Waals surface area contributed by atoms with Gasteiger partial charge in [0.15, 0.2) is 0 Å². The predicted octanol–water partition coefficient (Wildman–Crippen LogP) is 3.96. The second-order valence-electron chi connectivity index (χ2n) is 3.66. The highest BCUT2D eigenvalue weighted by atomic mass is 35.5. The normalized spacial score (nSPS) is 9.62. The van der Waals surface area contributed by atoms with E-state index in [1.807, 2.05) is 17.9 Å². The second-order valence-corrected chi connectivity index (χ2v) is 4.10. The lowest BCUT2D eigenvalue weighted by molar-refractivity contribution is 0.849. The largest absolute Gasteiger partial charge is 0.345 e. The first-order chi connectivity index (χ1) is 7.60. The van der Waals surface area contributed by atoms with Crippen molar-refractivity contribution in [3.8, 4) is 6.07 Å². The van der Waals surface area contributed by atoms with Crippen LogP contribution in [0.15, 0.2) is 30.5 Å². The molecule has 0 unspecified atom stereocenters. The van der Waals surface area contributed by atoms with Gasteiger partial charge in [-0.1, -0.05) is 25.1 Å². The van der Waals surface area contributed by atoms with Crippen molar-refractivity contribution >= 4 is 17.3 Å². The number of allylic oxidation sites excluding steroid dienone is 1. The Bertz CT molecular complexity index is 432. The molecule has 0 fully saturated rings. The number of rotatable bonds is 4. The van der Waals surface area contributed by atoms with Crippen molar-refractivity contribution < 1.29 is 0 Å².